The minimum absolute atomic E-state index is 0.0923. The van der Waals surface area contributed by atoms with Crippen LogP contribution in [0.4, 0.5) is 0 Å². The lowest BCUT2D eigenvalue weighted by molar-refractivity contribution is 0.101. The van der Waals surface area contributed by atoms with E-state index in [1.807, 2.05) is 85.8 Å². The number of nitrogens with zero attached hydrogens (tertiary/aromatic N) is 3. The van der Waals surface area contributed by atoms with E-state index in [2.05, 4.69) is 10.3 Å². The molecule has 6 heteroatoms. The second kappa shape index (κ2) is 9.92. The molecule has 32 heavy (non-hydrogen) atoms. The highest BCUT2D eigenvalue weighted by Gasteiger charge is 2.14. The van der Waals surface area contributed by atoms with Crippen LogP contribution in [0, 0.1) is 6.92 Å². The summed E-state index contributed by atoms with van der Waals surface area (Å²) in [6.07, 6.45) is 0. The summed E-state index contributed by atoms with van der Waals surface area (Å²) < 4.78 is 13.9. The molecule has 0 saturated heterocycles. The van der Waals surface area contributed by atoms with E-state index in [9.17, 15) is 4.79 Å². The monoisotopic (exact) mass is 427 g/mol. The molecule has 4 rings (SSSR count). The summed E-state index contributed by atoms with van der Waals surface area (Å²) in [6.45, 7) is 4.71. The van der Waals surface area contributed by atoms with Gasteiger partial charge in [0.05, 0.1) is 12.2 Å². The number of hydrogen-bond donors (Lipinski definition) is 0. The molecule has 0 bridgehead atoms. The predicted molar refractivity (Wildman–Crippen MR) is 122 cm³/mol. The minimum atomic E-state index is -0.0923. The zero-order valence-corrected chi connectivity index (χ0v) is 18.2. The Morgan fingerprint density at radius 1 is 0.812 bits per heavy atom. The van der Waals surface area contributed by atoms with E-state index in [1.54, 1.807) is 4.68 Å². The SMILES string of the molecule is CC(=O)c1nnn(Cc2ccc(OCc3ccccc3)c(OCc3ccccc3)c2)c1C. The number of hydrogen-bond acceptors (Lipinski definition) is 5. The summed E-state index contributed by atoms with van der Waals surface area (Å²) in [5.74, 6) is 1.24. The first kappa shape index (κ1) is 21.3. The molecule has 0 N–H and O–H groups in total. The molecule has 3 aromatic carbocycles. The van der Waals surface area contributed by atoms with Gasteiger partial charge in [-0.1, -0.05) is 71.9 Å². The highest BCUT2D eigenvalue weighted by Crippen LogP contribution is 2.30. The van der Waals surface area contributed by atoms with Crippen molar-refractivity contribution in [3.8, 4) is 11.5 Å². The van der Waals surface area contributed by atoms with Gasteiger partial charge in [0.1, 0.15) is 13.2 Å². The number of carbonyl (C=O) groups is 1. The molecule has 1 aromatic heterocycles. The van der Waals surface area contributed by atoms with Crippen molar-refractivity contribution in [2.24, 2.45) is 0 Å². The van der Waals surface area contributed by atoms with Gasteiger partial charge in [0, 0.05) is 6.92 Å². The van der Waals surface area contributed by atoms with E-state index < -0.39 is 0 Å². The number of ketones is 1. The highest BCUT2D eigenvalue weighted by atomic mass is 16.5. The fourth-order valence-corrected chi connectivity index (χ4v) is 3.36. The topological polar surface area (TPSA) is 66.2 Å². The van der Waals surface area contributed by atoms with Crippen LogP contribution in [-0.2, 0) is 19.8 Å². The van der Waals surface area contributed by atoms with Gasteiger partial charge in [-0.05, 0) is 35.7 Å². The van der Waals surface area contributed by atoms with Gasteiger partial charge in [0.15, 0.2) is 23.0 Å². The summed E-state index contributed by atoms with van der Waals surface area (Å²) in [6, 6.07) is 25.9. The van der Waals surface area contributed by atoms with E-state index >= 15 is 0 Å². The first-order chi connectivity index (χ1) is 15.6. The molecular weight excluding hydrogens is 402 g/mol. The maximum Gasteiger partial charge on any atom is 0.181 e. The highest BCUT2D eigenvalue weighted by molar-refractivity contribution is 5.92. The Balaban J connectivity index is 1.56. The van der Waals surface area contributed by atoms with Crippen LogP contribution in [-0.4, -0.2) is 20.8 Å². The standard InChI is InChI=1S/C26H25N3O3/c1-19-26(20(2)30)27-28-29(19)16-23-13-14-24(31-17-21-9-5-3-6-10-21)25(15-23)32-18-22-11-7-4-8-12-22/h3-15H,16-18H2,1-2H3. The second-order valence-corrected chi connectivity index (χ2v) is 7.57. The predicted octanol–water partition coefficient (Wildman–Crippen LogP) is 5.00. The molecule has 0 aliphatic carbocycles. The van der Waals surface area contributed by atoms with Crippen LogP contribution in [0.3, 0.4) is 0 Å². The Kier molecular flexibility index (Phi) is 6.60. The Bertz CT molecular complexity index is 1190. The van der Waals surface area contributed by atoms with E-state index in [0.29, 0.717) is 37.0 Å². The van der Waals surface area contributed by atoms with E-state index in [4.69, 9.17) is 9.47 Å². The van der Waals surface area contributed by atoms with Crippen molar-refractivity contribution in [2.75, 3.05) is 0 Å². The van der Waals surface area contributed by atoms with Crippen LogP contribution in [0.15, 0.2) is 78.9 Å². The molecule has 0 fully saturated rings. The van der Waals surface area contributed by atoms with Crippen LogP contribution >= 0.6 is 0 Å². The van der Waals surface area contributed by atoms with Crippen molar-refractivity contribution in [2.45, 2.75) is 33.6 Å². The Morgan fingerprint density at radius 3 is 1.97 bits per heavy atom. The van der Waals surface area contributed by atoms with Crippen molar-refractivity contribution >= 4 is 5.78 Å². The summed E-state index contributed by atoms with van der Waals surface area (Å²) in [5.41, 5.74) is 4.27. The Morgan fingerprint density at radius 2 is 1.41 bits per heavy atom. The van der Waals surface area contributed by atoms with Crippen molar-refractivity contribution in [3.63, 3.8) is 0 Å². The zero-order valence-electron chi connectivity index (χ0n) is 18.2. The number of Topliss-reactive ketones (excluding diaryl/α,β-unsaturated/α-hetero) is 1. The van der Waals surface area contributed by atoms with E-state index in [-0.39, 0.29) is 5.78 Å². The average Bonchev–Trinajstić information content (AvgIpc) is 3.18. The summed E-state index contributed by atoms with van der Waals surface area (Å²) in [7, 11) is 0. The van der Waals surface area contributed by atoms with Crippen molar-refractivity contribution in [3.05, 3.63) is 107 Å². The summed E-state index contributed by atoms with van der Waals surface area (Å²) in [4.78, 5) is 11.7. The third kappa shape index (κ3) is 5.21. The lowest BCUT2D eigenvalue weighted by Gasteiger charge is -2.15. The van der Waals surface area contributed by atoms with Crippen molar-refractivity contribution in [1.29, 1.82) is 0 Å². The second-order valence-electron chi connectivity index (χ2n) is 7.57. The van der Waals surface area contributed by atoms with Gasteiger partial charge >= 0.3 is 0 Å². The van der Waals surface area contributed by atoms with Crippen LogP contribution in [0.1, 0.15) is 39.8 Å². The molecular formula is C26H25N3O3. The zero-order chi connectivity index (χ0) is 22.3. The molecule has 0 unspecified atom stereocenters. The third-order valence-electron chi connectivity index (χ3n) is 5.13. The van der Waals surface area contributed by atoms with Crippen LogP contribution < -0.4 is 9.47 Å². The summed E-state index contributed by atoms with van der Waals surface area (Å²) in [5, 5.41) is 8.13. The fourth-order valence-electron chi connectivity index (χ4n) is 3.36. The quantitative estimate of drug-likeness (QED) is 0.352. The normalized spacial score (nSPS) is 10.7. The lowest BCUT2D eigenvalue weighted by atomic mass is 10.2. The average molecular weight is 428 g/mol. The number of aromatic nitrogens is 3. The van der Waals surface area contributed by atoms with Crippen LogP contribution in [0.5, 0.6) is 11.5 Å². The Labute approximate surface area is 187 Å². The first-order valence-corrected chi connectivity index (χ1v) is 10.5. The molecule has 0 spiro atoms. The van der Waals surface area contributed by atoms with Gasteiger partial charge < -0.3 is 9.47 Å². The van der Waals surface area contributed by atoms with Gasteiger partial charge in [-0.3, -0.25) is 4.79 Å². The minimum Gasteiger partial charge on any atom is -0.485 e. The maximum absolute atomic E-state index is 11.7. The molecule has 4 aromatic rings. The Hall–Kier alpha value is -3.93. The summed E-state index contributed by atoms with van der Waals surface area (Å²) >= 11 is 0. The van der Waals surface area contributed by atoms with Gasteiger partial charge in [-0.2, -0.15) is 0 Å². The molecule has 6 nitrogen and oxygen atoms in total. The van der Waals surface area contributed by atoms with E-state index in [1.165, 1.54) is 6.92 Å². The molecule has 0 atom stereocenters. The van der Waals surface area contributed by atoms with Gasteiger partial charge in [-0.25, -0.2) is 4.68 Å². The van der Waals surface area contributed by atoms with Gasteiger partial charge in [0.2, 0.25) is 0 Å². The molecule has 1 heterocycles. The number of benzene rings is 3. The molecule has 0 amide bonds. The first-order valence-electron chi connectivity index (χ1n) is 10.5. The third-order valence-corrected chi connectivity index (χ3v) is 5.13. The number of rotatable bonds is 9. The molecule has 0 saturated carbocycles. The largest absolute Gasteiger partial charge is 0.485 e. The van der Waals surface area contributed by atoms with Gasteiger partial charge in [-0.15, -0.1) is 5.10 Å². The van der Waals surface area contributed by atoms with Gasteiger partial charge in [0.25, 0.3) is 0 Å². The number of carbonyl (C=O) groups excluding carboxylic acids is 1. The van der Waals surface area contributed by atoms with Crippen molar-refractivity contribution in [1.82, 2.24) is 15.0 Å². The lowest BCUT2D eigenvalue weighted by Crippen LogP contribution is -2.06. The van der Waals surface area contributed by atoms with Crippen LogP contribution in [0.2, 0.25) is 0 Å². The molecule has 162 valence electrons. The van der Waals surface area contributed by atoms with E-state index in [0.717, 1.165) is 22.4 Å². The molecule has 0 radical (unpaired) electrons. The smallest absolute Gasteiger partial charge is 0.181 e. The van der Waals surface area contributed by atoms with Crippen LogP contribution in [0.25, 0.3) is 0 Å². The molecule has 0 aliphatic rings. The van der Waals surface area contributed by atoms with Crippen molar-refractivity contribution < 1.29 is 14.3 Å². The fraction of sp³-hybridized carbons (Fsp3) is 0.192. The maximum atomic E-state index is 11.7. The molecule has 0 aliphatic heterocycles. The number of ether oxygens (including phenoxy) is 2.